The molecule has 1 aromatic carbocycles. The predicted octanol–water partition coefficient (Wildman–Crippen LogP) is 3.13. The fourth-order valence-electron chi connectivity index (χ4n) is 1.19. The maximum absolute atomic E-state index is 4.39. The third kappa shape index (κ3) is 1.66. The van der Waals surface area contributed by atoms with Gasteiger partial charge in [-0.2, -0.15) is 0 Å². The highest BCUT2D eigenvalue weighted by Gasteiger charge is 2.14. The molecule has 1 heterocycles. The summed E-state index contributed by atoms with van der Waals surface area (Å²) in [4.78, 5) is 8.78. The van der Waals surface area contributed by atoms with Crippen molar-refractivity contribution in [3.05, 3.63) is 24.3 Å². The Morgan fingerprint density at radius 3 is 1.85 bits per heavy atom. The van der Waals surface area contributed by atoms with Gasteiger partial charge in [0.2, 0.25) is 0 Å². The van der Waals surface area contributed by atoms with Crippen molar-refractivity contribution in [2.24, 2.45) is 15.4 Å². The van der Waals surface area contributed by atoms with Crippen molar-refractivity contribution < 1.29 is 0 Å². The summed E-state index contributed by atoms with van der Waals surface area (Å²) in [6.07, 6.45) is 3.87. The van der Waals surface area contributed by atoms with Crippen LogP contribution in [0.1, 0.15) is 13.8 Å². The van der Waals surface area contributed by atoms with E-state index in [9.17, 15) is 0 Å². The Morgan fingerprint density at radius 2 is 1.38 bits per heavy atom. The number of para-hydroxylation sites is 2. The zero-order valence-corrected chi connectivity index (χ0v) is 7.86. The highest BCUT2D eigenvalue weighted by atomic mass is 14.8. The van der Waals surface area contributed by atoms with Crippen molar-refractivity contribution in [3.63, 3.8) is 0 Å². The van der Waals surface area contributed by atoms with Gasteiger partial charge in [0.1, 0.15) is 0 Å². The van der Waals surface area contributed by atoms with Gasteiger partial charge >= 0.3 is 0 Å². The molecule has 0 aromatic heterocycles. The standard InChI is InChI=1S/C11H12N2/c1-11(2)7-12-9-5-3-4-6-10(9)13-8-11/h3-8H,1-2H3. The zero-order chi connectivity index (χ0) is 9.31. The van der Waals surface area contributed by atoms with Crippen LogP contribution in [0.5, 0.6) is 0 Å². The molecule has 0 spiro atoms. The molecule has 0 N–H and O–H groups in total. The summed E-state index contributed by atoms with van der Waals surface area (Å²) in [5.41, 5.74) is 1.85. The number of nitrogens with zero attached hydrogens (tertiary/aromatic N) is 2. The van der Waals surface area contributed by atoms with Gasteiger partial charge in [-0.25, -0.2) is 0 Å². The molecule has 0 saturated carbocycles. The Labute approximate surface area is 78.0 Å². The molecule has 2 rings (SSSR count). The summed E-state index contributed by atoms with van der Waals surface area (Å²) in [6.45, 7) is 4.18. The van der Waals surface area contributed by atoms with Crippen LogP contribution in [0.2, 0.25) is 0 Å². The highest BCUT2D eigenvalue weighted by Crippen LogP contribution is 2.30. The maximum Gasteiger partial charge on any atom is 0.0882 e. The van der Waals surface area contributed by atoms with Crippen molar-refractivity contribution in [1.29, 1.82) is 0 Å². The average Bonchev–Trinajstić information content (AvgIpc) is 2.27. The van der Waals surface area contributed by atoms with Crippen molar-refractivity contribution in [1.82, 2.24) is 0 Å². The van der Waals surface area contributed by atoms with Gasteiger partial charge in [-0.05, 0) is 26.0 Å². The predicted molar refractivity (Wildman–Crippen MR) is 56.5 cm³/mol. The summed E-state index contributed by atoms with van der Waals surface area (Å²) in [6, 6.07) is 7.91. The first-order chi connectivity index (χ1) is 6.17. The fraction of sp³-hybridized carbons (Fsp3) is 0.273. The van der Waals surface area contributed by atoms with Gasteiger partial charge in [-0.15, -0.1) is 0 Å². The van der Waals surface area contributed by atoms with Crippen LogP contribution in [0.15, 0.2) is 34.3 Å². The molecule has 0 aliphatic carbocycles. The lowest BCUT2D eigenvalue weighted by Gasteiger charge is -2.08. The Hall–Kier alpha value is -1.44. The van der Waals surface area contributed by atoms with Crippen molar-refractivity contribution >= 4 is 23.8 Å². The van der Waals surface area contributed by atoms with Gasteiger partial charge in [0.15, 0.2) is 0 Å². The summed E-state index contributed by atoms with van der Waals surface area (Å²) < 4.78 is 0. The topological polar surface area (TPSA) is 24.7 Å². The Balaban J connectivity index is 2.53. The van der Waals surface area contributed by atoms with Crippen LogP contribution in [0, 0.1) is 5.41 Å². The minimum atomic E-state index is -0.0426. The van der Waals surface area contributed by atoms with E-state index in [2.05, 4.69) is 23.8 Å². The molecular formula is C11H12N2. The second-order valence-electron chi connectivity index (χ2n) is 3.83. The number of hydrogen-bond donors (Lipinski definition) is 0. The second-order valence-corrected chi connectivity index (χ2v) is 3.83. The maximum atomic E-state index is 4.39. The number of benzene rings is 1. The molecule has 0 atom stereocenters. The fourth-order valence-corrected chi connectivity index (χ4v) is 1.19. The van der Waals surface area contributed by atoms with Gasteiger partial charge in [0.05, 0.1) is 11.4 Å². The molecule has 0 unspecified atom stereocenters. The van der Waals surface area contributed by atoms with E-state index in [4.69, 9.17) is 0 Å². The Bertz CT molecular complexity index is 340. The zero-order valence-electron chi connectivity index (χ0n) is 7.86. The Morgan fingerprint density at radius 1 is 0.923 bits per heavy atom. The number of fused-ring (bicyclic) bond motifs is 1. The second kappa shape index (κ2) is 2.80. The summed E-state index contributed by atoms with van der Waals surface area (Å²) >= 11 is 0. The molecule has 1 aliphatic rings. The smallest absolute Gasteiger partial charge is 0.0882 e. The van der Waals surface area contributed by atoms with Crippen LogP contribution in [-0.2, 0) is 0 Å². The lowest BCUT2D eigenvalue weighted by atomic mass is 9.98. The minimum Gasteiger partial charge on any atom is -0.258 e. The van der Waals surface area contributed by atoms with E-state index in [1.165, 1.54) is 0 Å². The molecule has 1 aliphatic heterocycles. The van der Waals surface area contributed by atoms with E-state index >= 15 is 0 Å². The molecule has 66 valence electrons. The first kappa shape index (κ1) is 8.17. The number of aliphatic imine (C=N–C) groups is 2. The van der Waals surface area contributed by atoms with E-state index in [-0.39, 0.29) is 5.41 Å². The molecule has 0 fully saturated rings. The molecule has 2 heteroatoms. The third-order valence-electron chi connectivity index (χ3n) is 1.95. The molecule has 0 amide bonds. The number of rotatable bonds is 0. The van der Waals surface area contributed by atoms with Gasteiger partial charge in [-0.3, -0.25) is 9.98 Å². The Kier molecular flexibility index (Phi) is 1.76. The highest BCUT2D eigenvalue weighted by molar-refractivity contribution is 5.93. The van der Waals surface area contributed by atoms with E-state index in [0.29, 0.717) is 0 Å². The average molecular weight is 172 g/mol. The summed E-state index contributed by atoms with van der Waals surface area (Å²) in [7, 11) is 0. The summed E-state index contributed by atoms with van der Waals surface area (Å²) in [5, 5.41) is 0. The first-order valence-corrected chi connectivity index (χ1v) is 4.37. The molecule has 0 saturated heterocycles. The monoisotopic (exact) mass is 172 g/mol. The largest absolute Gasteiger partial charge is 0.258 e. The quantitative estimate of drug-likeness (QED) is 0.574. The van der Waals surface area contributed by atoms with E-state index in [1.807, 2.05) is 36.7 Å². The van der Waals surface area contributed by atoms with Gasteiger partial charge < -0.3 is 0 Å². The molecule has 0 bridgehead atoms. The lowest BCUT2D eigenvalue weighted by molar-refractivity contribution is 0.767. The van der Waals surface area contributed by atoms with Gasteiger partial charge in [0.25, 0.3) is 0 Å². The molecule has 0 radical (unpaired) electrons. The molecule has 2 nitrogen and oxygen atoms in total. The van der Waals surface area contributed by atoms with Crippen LogP contribution in [0.25, 0.3) is 0 Å². The van der Waals surface area contributed by atoms with Crippen LogP contribution in [-0.4, -0.2) is 12.4 Å². The molecular weight excluding hydrogens is 160 g/mol. The normalized spacial score (nSPS) is 18.0. The first-order valence-electron chi connectivity index (χ1n) is 4.37. The lowest BCUT2D eigenvalue weighted by Crippen LogP contribution is -2.13. The summed E-state index contributed by atoms with van der Waals surface area (Å²) in [5.74, 6) is 0. The van der Waals surface area contributed by atoms with Crippen LogP contribution >= 0.6 is 0 Å². The van der Waals surface area contributed by atoms with Gasteiger partial charge in [0, 0.05) is 17.8 Å². The van der Waals surface area contributed by atoms with Crippen molar-refractivity contribution in [2.75, 3.05) is 0 Å². The minimum absolute atomic E-state index is 0.0426. The van der Waals surface area contributed by atoms with Crippen LogP contribution in [0.4, 0.5) is 11.4 Å². The van der Waals surface area contributed by atoms with Crippen LogP contribution < -0.4 is 0 Å². The number of hydrogen-bond acceptors (Lipinski definition) is 2. The third-order valence-corrected chi connectivity index (χ3v) is 1.95. The van der Waals surface area contributed by atoms with Crippen LogP contribution in [0.3, 0.4) is 0 Å². The van der Waals surface area contributed by atoms with E-state index in [1.54, 1.807) is 0 Å². The van der Waals surface area contributed by atoms with Gasteiger partial charge in [-0.1, -0.05) is 12.1 Å². The van der Waals surface area contributed by atoms with Crippen molar-refractivity contribution in [2.45, 2.75) is 13.8 Å². The van der Waals surface area contributed by atoms with E-state index in [0.717, 1.165) is 11.4 Å². The van der Waals surface area contributed by atoms with Crippen molar-refractivity contribution in [3.8, 4) is 0 Å². The molecule has 1 aromatic rings. The molecule has 13 heavy (non-hydrogen) atoms. The van der Waals surface area contributed by atoms with E-state index < -0.39 is 0 Å². The SMILES string of the molecule is CC1(C)C=Nc2ccccc2N=C1.